The van der Waals surface area contributed by atoms with Crippen molar-refractivity contribution in [3.05, 3.63) is 29.8 Å². The average Bonchev–Trinajstić information content (AvgIpc) is 2.42. The number of para-hydroxylation sites is 1. The Balaban J connectivity index is 2.57. The van der Waals surface area contributed by atoms with Gasteiger partial charge in [-0.15, -0.1) is 0 Å². The largest absolute Gasteiger partial charge is 0.496 e. The molecule has 1 rings (SSSR count). The van der Waals surface area contributed by atoms with Gasteiger partial charge in [-0.1, -0.05) is 18.2 Å². The van der Waals surface area contributed by atoms with E-state index in [0.29, 0.717) is 12.2 Å². The molecule has 0 aliphatic heterocycles. The first-order valence-corrected chi connectivity index (χ1v) is 6.27. The van der Waals surface area contributed by atoms with E-state index in [-0.39, 0.29) is 6.42 Å². The van der Waals surface area contributed by atoms with E-state index in [9.17, 15) is 14.7 Å². The molecule has 6 nitrogen and oxygen atoms in total. The zero-order valence-corrected chi connectivity index (χ0v) is 11.5. The first-order chi connectivity index (χ1) is 9.45. The monoisotopic (exact) mass is 281 g/mol. The Bertz CT molecular complexity index is 472. The van der Waals surface area contributed by atoms with Crippen molar-refractivity contribution in [2.24, 2.45) is 0 Å². The lowest BCUT2D eigenvalue weighted by Crippen LogP contribution is -2.47. The molecule has 0 saturated carbocycles. The van der Waals surface area contributed by atoms with E-state index in [4.69, 9.17) is 9.84 Å². The van der Waals surface area contributed by atoms with Gasteiger partial charge in [-0.2, -0.15) is 0 Å². The van der Waals surface area contributed by atoms with Crippen molar-refractivity contribution in [3.63, 3.8) is 0 Å². The van der Waals surface area contributed by atoms with Crippen molar-refractivity contribution in [2.45, 2.75) is 31.9 Å². The molecule has 0 radical (unpaired) electrons. The third-order valence-electron chi connectivity index (χ3n) is 2.88. The van der Waals surface area contributed by atoms with Gasteiger partial charge < -0.3 is 20.3 Å². The molecular weight excluding hydrogens is 262 g/mol. The minimum Gasteiger partial charge on any atom is -0.496 e. The van der Waals surface area contributed by atoms with Gasteiger partial charge in [0.25, 0.3) is 0 Å². The van der Waals surface area contributed by atoms with Crippen molar-refractivity contribution in [3.8, 4) is 5.75 Å². The number of carboxylic acid groups (broad SMARTS) is 1. The number of hydrogen-bond donors (Lipinski definition) is 3. The minimum atomic E-state index is -1.29. The molecule has 3 N–H and O–H groups in total. The van der Waals surface area contributed by atoms with Gasteiger partial charge in [0.05, 0.1) is 13.2 Å². The summed E-state index contributed by atoms with van der Waals surface area (Å²) in [6.45, 7) is 1.32. The highest BCUT2D eigenvalue weighted by molar-refractivity contribution is 5.84. The third-order valence-corrected chi connectivity index (χ3v) is 2.88. The predicted molar refractivity (Wildman–Crippen MR) is 72.6 cm³/mol. The molecule has 6 heteroatoms. The molecule has 0 aliphatic carbocycles. The number of benzene rings is 1. The minimum absolute atomic E-state index is 0.122. The maximum Gasteiger partial charge on any atom is 0.328 e. The van der Waals surface area contributed by atoms with E-state index < -0.39 is 24.0 Å². The van der Waals surface area contributed by atoms with Gasteiger partial charge in [-0.25, -0.2) is 4.79 Å². The highest BCUT2D eigenvalue weighted by atomic mass is 16.5. The van der Waals surface area contributed by atoms with E-state index >= 15 is 0 Å². The second kappa shape index (κ2) is 7.49. The van der Waals surface area contributed by atoms with E-state index in [2.05, 4.69) is 5.32 Å². The highest BCUT2D eigenvalue weighted by Gasteiger charge is 2.24. The number of aryl methyl sites for hydroxylation is 1. The van der Waals surface area contributed by atoms with Gasteiger partial charge in [0.2, 0.25) is 5.91 Å². The van der Waals surface area contributed by atoms with Crippen molar-refractivity contribution in [2.75, 3.05) is 7.11 Å². The molecular formula is C14H19NO5. The number of carbonyl (C=O) groups is 2. The number of amides is 1. The molecule has 0 spiro atoms. The lowest BCUT2D eigenvalue weighted by Gasteiger charge is -2.17. The number of aliphatic carboxylic acids is 1. The topological polar surface area (TPSA) is 95.9 Å². The van der Waals surface area contributed by atoms with Crippen molar-refractivity contribution < 1.29 is 24.5 Å². The Kier molecular flexibility index (Phi) is 5.99. The number of methoxy groups -OCH3 is 1. The van der Waals surface area contributed by atoms with Crippen LogP contribution in [0, 0.1) is 0 Å². The van der Waals surface area contributed by atoms with Crippen LogP contribution in [0.4, 0.5) is 0 Å². The van der Waals surface area contributed by atoms with Gasteiger partial charge in [0, 0.05) is 6.42 Å². The van der Waals surface area contributed by atoms with Gasteiger partial charge in [0.15, 0.2) is 6.04 Å². The SMILES string of the molecule is COc1ccccc1CCC(=O)NC(C(=O)O)C(C)O. The summed E-state index contributed by atoms with van der Waals surface area (Å²) in [6.07, 6.45) is -0.596. The zero-order chi connectivity index (χ0) is 15.1. The van der Waals surface area contributed by atoms with Crippen LogP contribution < -0.4 is 10.1 Å². The van der Waals surface area contributed by atoms with E-state index in [1.54, 1.807) is 13.2 Å². The Morgan fingerprint density at radius 1 is 1.35 bits per heavy atom. The summed E-state index contributed by atoms with van der Waals surface area (Å²) in [5.41, 5.74) is 0.870. The number of carboxylic acids is 1. The van der Waals surface area contributed by atoms with Crippen LogP contribution in [0.15, 0.2) is 24.3 Å². The highest BCUT2D eigenvalue weighted by Crippen LogP contribution is 2.18. The molecule has 0 aliphatic rings. The summed E-state index contributed by atoms with van der Waals surface area (Å²) in [5, 5.41) is 20.4. The van der Waals surface area contributed by atoms with Crippen LogP contribution in [0.2, 0.25) is 0 Å². The molecule has 2 atom stereocenters. The average molecular weight is 281 g/mol. The van der Waals surface area contributed by atoms with Crippen molar-refractivity contribution in [1.82, 2.24) is 5.32 Å². The third kappa shape index (κ3) is 4.55. The van der Waals surface area contributed by atoms with E-state index in [1.807, 2.05) is 18.2 Å². The van der Waals surface area contributed by atoms with Crippen LogP contribution in [0.25, 0.3) is 0 Å². The number of aliphatic hydroxyl groups excluding tert-OH is 1. The zero-order valence-electron chi connectivity index (χ0n) is 11.5. The van der Waals surface area contributed by atoms with Crippen LogP contribution in [0.5, 0.6) is 5.75 Å². The summed E-state index contributed by atoms with van der Waals surface area (Å²) >= 11 is 0. The molecule has 1 aromatic rings. The predicted octanol–water partition coefficient (Wildman–Crippen LogP) is 0.578. The number of aliphatic hydroxyl groups is 1. The first-order valence-electron chi connectivity index (χ1n) is 6.27. The number of carbonyl (C=O) groups excluding carboxylic acids is 1. The second-order valence-corrected chi connectivity index (χ2v) is 4.44. The Hall–Kier alpha value is -2.08. The lowest BCUT2D eigenvalue weighted by molar-refractivity contribution is -0.144. The van der Waals surface area contributed by atoms with Gasteiger partial charge >= 0.3 is 5.97 Å². The Morgan fingerprint density at radius 2 is 2.00 bits per heavy atom. The summed E-state index contributed by atoms with van der Waals surface area (Å²) in [5.74, 6) is -1.000. The molecule has 0 fully saturated rings. The molecule has 0 saturated heterocycles. The van der Waals surface area contributed by atoms with Crippen LogP contribution in [0.1, 0.15) is 18.9 Å². The second-order valence-electron chi connectivity index (χ2n) is 4.44. The summed E-state index contributed by atoms with van der Waals surface area (Å²) in [6, 6.07) is 6.01. The molecule has 20 heavy (non-hydrogen) atoms. The molecule has 1 aromatic carbocycles. The summed E-state index contributed by atoms with van der Waals surface area (Å²) < 4.78 is 5.17. The lowest BCUT2D eigenvalue weighted by atomic mass is 10.1. The van der Waals surface area contributed by atoms with Crippen molar-refractivity contribution >= 4 is 11.9 Å². The fourth-order valence-electron chi connectivity index (χ4n) is 1.79. The Morgan fingerprint density at radius 3 is 2.55 bits per heavy atom. The first kappa shape index (κ1) is 16.0. The molecule has 0 heterocycles. The number of nitrogens with one attached hydrogen (secondary N) is 1. The van der Waals surface area contributed by atoms with E-state index in [1.165, 1.54) is 6.92 Å². The number of hydrogen-bond acceptors (Lipinski definition) is 4. The van der Waals surface area contributed by atoms with Gasteiger partial charge in [-0.05, 0) is 25.0 Å². The maximum atomic E-state index is 11.7. The van der Waals surface area contributed by atoms with Crippen LogP contribution >= 0.6 is 0 Å². The molecule has 0 bridgehead atoms. The van der Waals surface area contributed by atoms with Crippen LogP contribution in [-0.2, 0) is 16.0 Å². The van der Waals surface area contributed by atoms with Crippen LogP contribution in [-0.4, -0.2) is 41.3 Å². The fourth-order valence-corrected chi connectivity index (χ4v) is 1.79. The number of rotatable bonds is 7. The normalized spacial score (nSPS) is 13.3. The standard InChI is InChI=1S/C14H19NO5/c1-9(16)13(14(18)19)15-12(17)8-7-10-5-3-4-6-11(10)20-2/h3-6,9,13,16H,7-8H2,1-2H3,(H,15,17)(H,18,19). The fraction of sp³-hybridized carbons (Fsp3) is 0.429. The van der Waals surface area contributed by atoms with Crippen LogP contribution in [0.3, 0.4) is 0 Å². The van der Waals surface area contributed by atoms with Gasteiger partial charge in [-0.3, -0.25) is 4.79 Å². The maximum absolute atomic E-state index is 11.7. The molecule has 0 aromatic heterocycles. The molecule has 2 unspecified atom stereocenters. The summed E-state index contributed by atoms with van der Waals surface area (Å²) in [7, 11) is 1.55. The molecule has 1 amide bonds. The van der Waals surface area contributed by atoms with Gasteiger partial charge in [0.1, 0.15) is 5.75 Å². The Labute approximate surface area is 117 Å². The van der Waals surface area contributed by atoms with E-state index in [0.717, 1.165) is 5.56 Å². The quantitative estimate of drug-likeness (QED) is 0.679. The number of ether oxygens (including phenoxy) is 1. The summed E-state index contributed by atoms with van der Waals surface area (Å²) in [4.78, 5) is 22.6. The van der Waals surface area contributed by atoms with Crippen molar-refractivity contribution in [1.29, 1.82) is 0 Å². The smallest absolute Gasteiger partial charge is 0.328 e. The molecule has 110 valence electrons.